The fraction of sp³-hybridized carbons (Fsp3) is 0.238. The molecule has 1 spiro atoms. The normalized spacial score (nSPS) is 24.0. The average molecular weight is 348 g/mol. The predicted molar refractivity (Wildman–Crippen MR) is 96.9 cm³/mol. The standard InChI is InChI=1S/C21H17FN2O2/c1-24-18-12-23-17-9-13(22)7-8-16(17)19(18)21(20(24)25)10-15(11-21)26-14-5-3-2-4-6-14/h2-9,12,15H,10-11H2,1H3. The largest absolute Gasteiger partial charge is 0.490 e. The van der Waals surface area contributed by atoms with Gasteiger partial charge in [0.15, 0.2) is 0 Å². The van der Waals surface area contributed by atoms with Crippen LogP contribution in [-0.4, -0.2) is 24.0 Å². The van der Waals surface area contributed by atoms with E-state index < -0.39 is 5.41 Å². The van der Waals surface area contributed by atoms with Gasteiger partial charge in [-0.05, 0) is 24.3 Å². The summed E-state index contributed by atoms with van der Waals surface area (Å²) in [6.45, 7) is 0. The minimum atomic E-state index is -0.595. The number of hydrogen-bond donors (Lipinski definition) is 0. The van der Waals surface area contributed by atoms with Gasteiger partial charge in [0.2, 0.25) is 5.91 Å². The van der Waals surface area contributed by atoms with Crippen molar-refractivity contribution in [2.75, 3.05) is 11.9 Å². The second-order valence-corrected chi connectivity index (χ2v) is 7.09. The van der Waals surface area contributed by atoms with Gasteiger partial charge < -0.3 is 9.64 Å². The Labute approximate surface area is 150 Å². The first-order valence-corrected chi connectivity index (χ1v) is 8.67. The summed E-state index contributed by atoms with van der Waals surface area (Å²) in [7, 11) is 1.78. The monoisotopic (exact) mass is 348 g/mol. The molecule has 0 radical (unpaired) electrons. The van der Waals surface area contributed by atoms with Crippen LogP contribution in [0.2, 0.25) is 0 Å². The minimum absolute atomic E-state index is 0.00985. The second kappa shape index (κ2) is 5.27. The maximum absolute atomic E-state index is 13.6. The summed E-state index contributed by atoms with van der Waals surface area (Å²) >= 11 is 0. The molecule has 5 rings (SSSR count). The molecule has 1 fully saturated rings. The van der Waals surface area contributed by atoms with E-state index in [1.165, 1.54) is 12.1 Å². The quantitative estimate of drug-likeness (QED) is 0.707. The molecule has 0 bridgehead atoms. The summed E-state index contributed by atoms with van der Waals surface area (Å²) in [5.41, 5.74) is 1.76. The fourth-order valence-corrected chi connectivity index (χ4v) is 4.32. The van der Waals surface area contributed by atoms with Gasteiger partial charge in [0, 0.05) is 36.9 Å². The molecule has 0 saturated heterocycles. The number of benzene rings is 2. The molecule has 1 aliphatic heterocycles. The second-order valence-electron chi connectivity index (χ2n) is 7.09. The van der Waals surface area contributed by atoms with E-state index >= 15 is 0 Å². The van der Waals surface area contributed by atoms with Crippen molar-refractivity contribution in [3.8, 4) is 5.75 Å². The third-order valence-electron chi connectivity index (χ3n) is 5.56. The number of carbonyl (C=O) groups is 1. The Hall–Kier alpha value is -2.95. The van der Waals surface area contributed by atoms with Gasteiger partial charge in [-0.1, -0.05) is 18.2 Å². The van der Waals surface area contributed by atoms with E-state index in [-0.39, 0.29) is 17.8 Å². The maximum Gasteiger partial charge on any atom is 0.237 e. The molecule has 3 aromatic rings. The summed E-state index contributed by atoms with van der Waals surface area (Å²) in [6, 6.07) is 14.2. The molecule has 2 aliphatic rings. The highest BCUT2D eigenvalue weighted by Crippen LogP contribution is 2.55. The van der Waals surface area contributed by atoms with E-state index in [2.05, 4.69) is 4.98 Å². The first kappa shape index (κ1) is 15.3. The summed E-state index contributed by atoms with van der Waals surface area (Å²) in [5.74, 6) is 0.558. The van der Waals surface area contributed by atoms with E-state index in [1.807, 2.05) is 30.3 Å². The van der Waals surface area contributed by atoms with Crippen molar-refractivity contribution in [2.45, 2.75) is 24.4 Å². The number of nitrogens with zero attached hydrogens (tertiary/aromatic N) is 2. The van der Waals surface area contributed by atoms with E-state index in [0.717, 1.165) is 22.4 Å². The van der Waals surface area contributed by atoms with Gasteiger partial charge >= 0.3 is 0 Å². The van der Waals surface area contributed by atoms with Crippen LogP contribution in [0.1, 0.15) is 18.4 Å². The van der Waals surface area contributed by atoms with Gasteiger partial charge in [-0.25, -0.2) is 4.39 Å². The number of halogens is 1. The van der Waals surface area contributed by atoms with E-state index in [9.17, 15) is 9.18 Å². The molecule has 1 aliphatic carbocycles. The summed E-state index contributed by atoms with van der Waals surface area (Å²) in [4.78, 5) is 19.1. The first-order chi connectivity index (χ1) is 12.6. The average Bonchev–Trinajstić information content (AvgIpc) is 2.84. The Morgan fingerprint density at radius 3 is 2.73 bits per heavy atom. The van der Waals surface area contributed by atoms with Crippen LogP contribution in [0.4, 0.5) is 10.1 Å². The number of hydrogen-bond acceptors (Lipinski definition) is 3. The van der Waals surface area contributed by atoms with Gasteiger partial charge in [0.25, 0.3) is 0 Å². The number of para-hydroxylation sites is 1. The number of anilines is 1. The van der Waals surface area contributed by atoms with Crippen molar-refractivity contribution in [3.05, 3.63) is 66.1 Å². The van der Waals surface area contributed by atoms with Crippen molar-refractivity contribution >= 4 is 22.5 Å². The summed E-state index contributed by atoms with van der Waals surface area (Å²) < 4.78 is 19.6. The Bertz CT molecular complexity index is 1030. The number of ether oxygens (including phenoxy) is 1. The number of fused-ring (bicyclic) bond motifs is 4. The summed E-state index contributed by atoms with van der Waals surface area (Å²) in [6.07, 6.45) is 2.91. The maximum atomic E-state index is 13.6. The molecular formula is C21H17FN2O2. The van der Waals surface area contributed by atoms with Gasteiger partial charge in [0.1, 0.15) is 17.7 Å². The molecule has 1 aromatic heterocycles. The first-order valence-electron chi connectivity index (χ1n) is 8.67. The lowest BCUT2D eigenvalue weighted by molar-refractivity contribution is -0.129. The number of amides is 1. The zero-order valence-corrected chi connectivity index (χ0v) is 14.3. The molecule has 1 amide bonds. The smallest absolute Gasteiger partial charge is 0.237 e. The molecular weight excluding hydrogens is 331 g/mol. The summed E-state index contributed by atoms with van der Waals surface area (Å²) in [5, 5.41) is 0.847. The molecule has 2 heterocycles. The van der Waals surface area contributed by atoms with Gasteiger partial charge in [0.05, 0.1) is 22.8 Å². The third kappa shape index (κ3) is 2.00. The molecule has 0 atom stereocenters. The number of carbonyl (C=O) groups excluding carboxylic acids is 1. The zero-order valence-electron chi connectivity index (χ0n) is 14.3. The Morgan fingerprint density at radius 2 is 1.96 bits per heavy atom. The molecule has 0 unspecified atom stereocenters. The molecule has 26 heavy (non-hydrogen) atoms. The van der Waals surface area contributed by atoms with E-state index in [0.29, 0.717) is 18.4 Å². The van der Waals surface area contributed by atoms with Gasteiger partial charge in [-0.2, -0.15) is 0 Å². The van der Waals surface area contributed by atoms with Crippen molar-refractivity contribution in [1.82, 2.24) is 4.98 Å². The van der Waals surface area contributed by atoms with Crippen LogP contribution in [0.25, 0.3) is 10.9 Å². The van der Waals surface area contributed by atoms with Crippen LogP contribution >= 0.6 is 0 Å². The van der Waals surface area contributed by atoms with Crippen LogP contribution in [0.15, 0.2) is 54.7 Å². The Balaban J connectivity index is 1.55. The molecule has 130 valence electrons. The lowest BCUT2D eigenvalue weighted by Crippen LogP contribution is -2.53. The minimum Gasteiger partial charge on any atom is -0.490 e. The van der Waals surface area contributed by atoms with Crippen molar-refractivity contribution in [1.29, 1.82) is 0 Å². The van der Waals surface area contributed by atoms with Crippen LogP contribution in [0.5, 0.6) is 5.75 Å². The Kier molecular flexibility index (Phi) is 3.11. The topological polar surface area (TPSA) is 42.4 Å². The fourth-order valence-electron chi connectivity index (χ4n) is 4.32. The lowest BCUT2D eigenvalue weighted by atomic mass is 9.62. The zero-order chi connectivity index (χ0) is 17.9. The molecule has 5 heteroatoms. The number of rotatable bonds is 2. The molecule has 1 saturated carbocycles. The van der Waals surface area contributed by atoms with Crippen LogP contribution in [0, 0.1) is 5.82 Å². The Morgan fingerprint density at radius 1 is 1.19 bits per heavy atom. The van der Waals surface area contributed by atoms with E-state index in [1.54, 1.807) is 24.2 Å². The predicted octanol–water partition coefficient (Wildman–Crippen LogP) is 3.83. The molecule has 4 nitrogen and oxygen atoms in total. The van der Waals surface area contributed by atoms with Crippen LogP contribution in [0.3, 0.4) is 0 Å². The number of pyridine rings is 1. The molecule has 2 aromatic carbocycles. The van der Waals surface area contributed by atoms with Crippen LogP contribution < -0.4 is 9.64 Å². The van der Waals surface area contributed by atoms with Crippen LogP contribution in [-0.2, 0) is 10.2 Å². The van der Waals surface area contributed by atoms with Gasteiger partial charge in [-0.15, -0.1) is 0 Å². The highest BCUT2D eigenvalue weighted by Gasteiger charge is 2.59. The van der Waals surface area contributed by atoms with E-state index in [4.69, 9.17) is 4.74 Å². The lowest BCUT2D eigenvalue weighted by Gasteiger charge is -2.43. The number of likely N-dealkylation sites (N-methyl/N-ethyl adjacent to an activating group) is 1. The van der Waals surface area contributed by atoms with Gasteiger partial charge in [-0.3, -0.25) is 9.78 Å². The van der Waals surface area contributed by atoms with Crippen molar-refractivity contribution in [2.24, 2.45) is 0 Å². The number of aromatic nitrogens is 1. The van der Waals surface area contributed by atoms with Crippen molar-refractivity contribution < 1.29 is 13.9 Å². The van der Waals surface area contributed by atoms with Crippen molar-refractivity contribution in [3.63, 3.8) is 0 Å². The highest BCUT2D eigenvalue weighted by molar-refractivity contribution is 6.12. The highest BCUT2D eigenvalue weighted by atomic mass is 19.1. The third-order valence-corrected chi connectivity index (χ3v) is 5.56. The molecule has 0 N–H and O–H groups in total. The SMILES string of the molecule is CN1C(=O)C2(CC(Oc3ccccc3)C2)c2c1cnc1cc(F)ccc21.